The van der Waals surface area contributed by atoms with E-state index in [9.17, 15) is 4.79 Å². The van der Waals surface area contributed by atoms with Crippen molar-refractivity contribution in [2.45, 2.75) is 6.42 Å². The van der Waals surface area contributed by atoms with Gasteiger partial charge in [-0.05, 0) is 17.7 Å². The normalized spacial score (nSPS) is 11.4. The molecule has 0 aliphatic carbocycles. The second-order valence-electron chi connectivity index (χ2n) is 6.33. The first-order valence-electron chi connectivity index (χ1n) is 8.44. The molecule has 0 aliphatic rings. The number of benzene rings is 2. The number of rotatable bonds is 3. The summed E-state index contributed by atoms with van der Waals surface area (Å²) < 4.78 is 1.38. The smallest absolute Gasteiger partial charge is 0.273 e. The van der Waals surface area contributed by atoms with E-state index in [1.54, 1.807) is 0 Å². The van der Waals surface area contributed by atoms with E-state index in [0.29, 0.717) is 29.1 Å². The number of nitrogens with zero attached hydrogens (tertiary/aromatic N) is 4. The fourth-order valence-electron chi connectivity index (χ4n) is 3.22. The van der Waals surface area contributed by atoms with Gasteiger partial charge in [-0.15, -0.1) is 0 Å². The lowest BCUT2D eigenvalue weighted by molar-refractivity contribution is 0.906. The number of aromatic nitrogens is 6. The van der Waals surface area contributed by atoms with Crippen molar-refractivity contribution in [3.63, 3.8) is 0 Å². The summed E-state index contributed by atoms with van der Waals surface area (Å²) >= 11 is 0. The van der Waals surface area contributed by atoms with Crippen molar-refractivity contribution in [3.05, 3.63) is 76.1 Å². The Kier molecular flexibility index (Phi) is 3.29. The summed E-state index contributed by atoms with van der Waals surface area (Å²) in [6, 6.07) is 17.0. The van der Waals surface area contributed by atoms with Crippen molar-refractivity contribution in [3.8, 4) is 11.3 Å². The second kappa shape index (κ2) is 5.80. The van der Waals surface area contributed by atoms with Gasteiger partial charge in [-0.2, -0.15) is 19.9 Å². The molecule has 5 aromatic rings. The Morgan fingerprint density at radius 2 is 1.81 bits per heavy atom. The van der Waals surface area contributed by atoms with Crippen LogP contribution in [0, 0.1) is 0 Å². The van der Waals surface area contributed by atoms with E-state index in [-0.39, 0.29) is 5.56 Å². The Hall–Kier alpha value is -3.94. The Morgan fingerprint density at radius 1 is 1.00 bits per heavy atom. The summed E-state index contributed by atoms with van der Waals surface area (Å²) in [5, 5.41) is 13.6. The van der Waals surface area contributed by atoms with Gasteiger partial charge in [0.1, 0.15) is 16.9 Å². The SMILES string of the molecule is Nc1[nH]n2c(=O)cc(-c3ccc4n[nH]nc4c3)nc2c1Cc1ccccc1. The van der Waals surface area contributed by atoms with Crippen LogP contribution in [0.1, 0.15) is 11.1 Å². The van der Waals surface area contributed by atoms with Crippen molar-refractivity contribution >= 4 is 22.5 Å². The quantitative estimate of drug-likeness (QED) is 0.457. The monoisotopic (exact) mass is 357 g/mol. The van der Waals surface area contributed by atoms with Crippen molar-refractivity contribution in [2.75, 3.05) is 5.73 Å². The summed E-state index contributed by atoms with van der Waals surface area (Å²) in [7, 11) is 0. The summed E-state index contributed by atoms with van der Waals surface area (Å²) in [4.78, 5) is 17.3. The molecule has 8 nitrogen and oxygen atoms in total. The third-order valence-corrected chi connectivity index (χ3v) is 4.58. The zero-order valence-corrected chi connectivity index (χ0v) is 14.2. The number of hydrogen-bond acceptors (Lipinski definition) is 5. The molecule has 0 aliphatic heterocycles. The van der Waals surface area contributed by atoms with Gasteiger partial charge < -0.3 is 5.73 Å². The minimum atomic E-state index is -0.221. The summed E-state index contributed by atoms with van der Waals surface area (Å²) in [5.41, 5.74) is 11.2. The molecule has 132 valence electrons. The van der Waals surface area contributed by atoms with Crippen LogP contribution in [-0.2, 0) is 6.42 Å². The number of H-pyrrole nitrogens is 2. The summed E-state index contributed by atoms with van der Waals surface area (Å²) in [5.74, 6) is 0.438. The number of nitrogen functional groups attached to an aromatic ring is 1. The zero-order valence-electron chi connectivity index (χ0n) is 14.2. The zero-order chi connectivity index (χ0) is 18.4. The van der Waals surface area contributed by atoms with Gasteiger partial charge in [0.2, 0.25) is 0 Å². The number of aromatic amines is 2. The van der Waals surface area contributed by atoms with Gasteiger partial charge in [0.05, 0.1) is 5.69 Å². The predicted octanol–water partition coefficient (Wildman–Crippen LogP) is 2.13. The lowest BCUT2D eigenvalue weighted by Crippen LogP contribution is -2.14. The van der Waals surface area contributed by atoms with E-state index in [0.717, 1.165) is 22.2 Å². The van der Waals surface area contributed by atoms with Gasteiger partial charge in [-0.1, -0.05) is 36.4 Å². The van der Waals surface area contributed by atoms with Crippen LogP contribution in [0.3, 0.4) is 0 Å². The molecule has 5 rings (SSSR count). The largest absolute Gasteiger partial charge is 0.384 e. The molecule has 3 aromatic heterocycles. The van der Waals surface area contributed by atoms with Crippen molar-refractivity contribution in [2.24, 2.45) is 0 Å². The van der Waals surface area contributed by atoms with Crippen LogP contribution >= 0.6 is 0 Å². The lowest BCUT2D eigenvalue weighted by atomic mass is 10.1. The molecule has 0 saturated carbocycles. The number of nitrogens with two attached hydrogens (primary N) is 1. The van der Waals surface area contributed by atoms with Gasteiger partial charge >= 0.3 is 0 Å². The molecule has 4 N–H and O–H groups in total. The molecule has 0 unspecified atom stereocenters. The molecule has 0 saturated heterocycles. The maximum absolute atomic E-state index is 12.6. The van der Waals surface area contributed by atoms with Crippen molar-refractivity contribution in [1.29, 1.82) is 0 Å². The van der Waals surface area contributed by atoms with Gasteiger partial charge in [0.15, 0.2) is 5.65 Å². The minimum absolute atomic E-state index is 0.221. The highest BCUT2D eigenvalue weighted by atomic mass is 16.1. The molecule has 0 radical (unpaired) electrons. The van der Waals surface area contributed by atoms with E-state index in [4.69, 9.17) is 10.7 Å². The minimum Gasteiger partial charge on any atom is -0.384 e. The van der Waals surface area contributed by atoms with E-state index in [1.165, 1.54) is 10.6 Å². The van der Waals surface area contributed by atoms with Crippen LogP contribution in [0.4, 0.5) is 5.82 Å². The molecular weight excluding hydrogens is 342 g/mol. The number of fused-ring (bicyclic) bond motifs is 2. The Labute approximate surface area is 152 Å². The molecule has 0 spiro atoms. The van der Waals surface area contributed by atoms with Gasteiger partial charge in [0.25, 0.3) is 5.56 Å². The number of nitrogens with one attached hydrogen (secondary N) is 2. The lowest BCUT2D eigenvalue weighted by Gasteiger charge is -2.04. The first-order valence-corrected chi connectivity index (χ1v) is 8.44. The van der Waals surface area contributed by atoms with Crippen LogP contribution < -0.4 is 11.3 Å². The molecule has 0 fully saturated rings. The van der Waals surface area contributed by atoms with Crippen LogP contribution in [0.2, 0.25) is 0 Å². The Bertz CT molecular complexity index is 1330. The highest BCUT2D eigenvalue weighted by Crippen LogP contribution is 2.24. The van der Waals surface area contributed by atoms with Gasteiger partial charge in [-0.3, -0.25) is 9.89 Å². The summed E-state index contributed by atoms with van der Waals surface area (Å²) in [6.45, 7) is 0. The topological polar surface area (TPSA) is 118 Å². The average Bonchev–Trinajstić information content (AvgIpc) is 3.27. The number of anilines is 1. The Balaban J connectivity index is 1.68. The highest BCUT2D eigenvalue weighted by Gasteiger charge is 2.15. The van der Waals surface area contributed by atoms with Crippen LogP contribution in [0.5, 0.6) is 0 Å². The fourth-order valence-corrected chi connectivity index (χ4v) is 3.22. The van der Waals surface area contributed by atoms with Crippen molar-refractivity contribution in [1.82, 2.24) is 30.0 Å². The molecule has 0 amide bonds. The highest BCUT2D eigenvalue weighted by molar-refractivity contribution is 5.80. The standard InChI is InChI=1S/C19H15N7O/c20-18-13(8-11-4-2-1-3-5-11)19-21-15(10-17(27)26(19)24-18)12-6-7-14-16(9-12)23-25-22-14/h1-7,9-10,24H,8,20H2,(H,22,23,25). The second-order valence-corrected chi connectivity index (χ2v) is 6.33. The molecule has 0 atom stereocenters. The van der Waals surface area contributed by atoms with E-state index in [2.05, 4.69) is 20.5 Å². The molecule has 2 aromatic carbocycles. The van der Waals surface area contributed by atoms with Crippen molar-refractivity contribution < 1.29 is 0 Å². The van der Waals surface area contributed by atoms with Crippen LogP contribution in [0.15, 0.2) is 59.4 Å². The molecule has 8 heteroatoms. The molecular formula is C19H15N7O. The fraction of sp³-hybridized carbons (Fsp3) is 0.0526. The van der Waals surface area contributed by atoms with Crippen LogP contribution in [0.25, 0.3) is 27.9 Å². The first kappa shape index (κ1) is 15.3. The van der Waals surface area contributed by atoms with E-state index < -0.39 is 0 Å². The third kappa shape index (κ3) is 2.54. The predicted molar refractivity (Wildman–Crippen MR) is 102 cm³/mol. The van der Waals surface area contributed by atoms with E-state index in [1.807, 2.05) is 48.5 Å². The molecule has 27 heavy (non-hydrogen) atoms. The summed E-state index contributed by atoms with van der Waals surface area (Å²) in [6.07, 6.45) is 0.581. The first-order chi connectivity index (χ1) is 13.2. The maximum Gasteiger partial charge on any atom is 0.273 e. The molecule has 0 bridgehead atoms. The third-order valence-electron chi connectivity index (χ3n) is 4.58. The number of hydrogen-bond donors (Lipinski definition) is 3. The van der Waals surface area contributed by atoms with Gasteiger partial charge in [0, 0.05) is 23.6 Å². The van der Waals surface area contributed by atoms with E-state index >= 15 is 0 Å². The Morgan fingerprint density at radius 3 is 2.67 bits per heavy atom. The maximum atomic E-state index is 12.6. The van der Waals surface area contributed by atoms with Gasteiger partial charge in [-0.25, -0.2) is 4.98 Å². The van der Waals surface area contributed by atoms with Crippen LogP contribution in [-0.4, -0.2) is 30.0 Å². The average molecular weight is 357 g/mol. The molecule has 3 heterocycles.